The van der Waals surface area contributed by atoms with Crippen LogP contribution in [-0.2, 0) is 0 Å². The van der Waals surface area contributed by atoms with E-state index in [4.69, 9.17) is 0 Å². The van der Waals surface area contributed by atoms with E-state index in [1.165, 1.54) is 12.4 Å². The number of nitrogens with zero attached hydrogens (tertiary/aromatic N) is 2. The summed E-state index contributed by atoms with van der Waals surface area (Å²) in [6.45, 7) is -1.14. The van der Waals surface area contributed by atoms with Crippen molar-refractivity contribution in [2.24, 2.45) is 0 Å². The number of nitrogens with one attached hydrogen (secondary N) is 1. The molecule has 0 saturated carbocycles. The van der Waals surface area contributed by atoms with Crippen molar-refractivity contribution in [1.82, 2.24) is 9.97 Å². The van der Waals surface area contributed by atoms with Gasteiger partial charge < -0.3 is 9.88 Å². The third kappa shape index (κ3) is 3.84. The molecule has 0 aliphatic heterocycles. The van der Waals surface area contributed by atoms with E-state index < -0.39 is 18.3 Å². The lowest BCUT2D eigenvalue weighted by Gasteiger charge is -2.22. The average molecular weight is 300 g/mol. The number of aromatic nitrogens is 2. The van der Waals surface area contributed by atoms with Crippen molar-refractivity contribution >= 4 is 21.7 Å². The molecule has 0 fully saturated rings. The fourth-order valence-corrected chi connectivity index (χ4v) is 1.58. The molecule has 1 rings (SSSR count). The monoisotopic (exact) mass is 299 g/mol. The van der Waals surface area contributed by atoms with Crippen LogP contribution in [0.3, 0.4) is 0 Å². The van der Waals surface area contributed by atoms with Crippen LogP contribution in [0.4, 0.5) is 19.0 Å². The van der Waals surface area contributed by atoms with Crippen LogP contribution in [-0.4, -0.2) is 34.6 Å². The van der Waals surface area contributed by atoms with E-state index >= 15 is 0 Å². The van der Waals surface area contributed by atoms with E-state index in [2.05, 4.69) is 25.9 Å². The van der Waals surface area contributed by atoms with E-state index in [9.17, 15) is 18.0 Å². The maximum atomic E-state index is 12.2. The van der Waals surface area contributed by atoms with Crippen LogP contribution in [0.15, 0.2) is 17.2 Å². The Hall–Kier alpha value is -1.05. The van der Waals surface area contributed by atoms with Crippen molar-refractivity contribution in [2.45, 2.75) is 6.18 Å². The SMILES string of the molecule is O=c1[nH]ccnc1N(CCBr)CC(F)(F)F. The van der Waals surface area contributed by atoms with Gasteiger partial charge >= 0.3 is 6.18 Å². The van der Waals surface area contributed by atoms with Gasteiger partial charge in [-0.05, 0) is 0 Å². The van der Waals surface area contributed by atoms with E-state index in [0.29, 0.717) is 5.33 Å². The second kappa shape index (κ2) is 5.33. The van der Waals surface area contributed by atoms with E-state index in [1.807, 2.05) is 0 Å². The summed E-state index contributed by atoms with van der Waals surface area (Å²) in [5, 5.41) is 0.319. The molecular formula is C8H9BrF3N3O. The van der Waals surface area contributed by atoms with E-state index in [0.717, 1.165) is 4.90 Å². The highest BCUT2D eigenvalue weighted by atomic mass is 79.9. The van der Waals surface area contributed by atoms with E-state index in [-0.39, 0.29) is 12.4 Å². The van der Waals surface area contributed by atoms with Gasteiger partial charge in [0.05, 0.1) is 0 Å². The highest BCUT2D eigenvalue weighted by molar-refractivity contribution is 9.09. The number of H-pyrrole nitrogens is 1. The number of aromatic amines is 1. The maximum Gasteiger partial charge on any atom is 0.405 e. The lowest BCUT2D eigenvalue weighted by molar-refractivity contribution is -0.119. The maximum absolute atomic E-state index is 12.2. The Labute approximate surface area is 97.6 Å². The van der Waals surface area contributed by atoms with Crippen molar-refractivity contribution < 1.29 is 13.2 Å². The summed E-state index contributed by atoms with van der Waals surface area (Å²) in [6, 6.07) is 0. The van der Waals surface area contributed by atoms with Crippen molar-refractivity contribution in [3.8, 4) is 0 Å². The van der Waals surface area contributed by atoms with Crippen LogP contribution in [0.1, 0.15) is 0 Å². The summed E-state index contributed by atoms with van der Waals surface area (Å²) in [6.07, 6.45) is -1.85. The number of anilines is 1. The van der Waals surface area contributed by atoms with Crippen molar-refractivity contribution in [1.29, 1.82) is 0 Å². The molecule has 0 aliphatic rings. The molecule has 0 aromatic carbocycles. The average Bonchev–Trinajstić information content (AvgIpc) is 2.16. The Balaban J connectivity index is 2.94. The smallest absolute Gasteiger partial charge is 0.342 e. The number of hydrogen-bond donors (Lipinski definition) is 1. The standard InChI is InChI=1S/C8H9BrF3N3O/c9-1-4-15(5-8(10,11)12)6-7(16)14-3-2-13-6/h2-3H,1,4-5H2,(H,14,16). The molecule has 0 aliphatic carbocycles. The molecule has 1 aromatic rings. The van der Waals surface area contributed by atoms with Gasteiger partial charge in [0, 0.05) is 24.3 Å². The van der Waals surface area contributed by atoms with Crippen molar-refractivity contribution in [3.63, 3.8) is 0 Å². The number of alkyl halides is 4. The Morgan fingerprint density at radius 3 is 2.69 bits per heavy atom. The zero-order valence-corrected chi connectivity index (χ0v) is 9.68. The van der Waals surface area contributed by atoms with Crippen LogP contribution < -0.4 is 10.5 Å². The predicted octanol–water partition coefficient (Wildman–Crippen LogP) is 1.53. The van der Waals surface area contributed by atoms with Crippen molar-refractivity contribution in [2.75, 3.05) is 23.3 Å². The normalized spacial score (nSPS) is 11.5. The number of rotatable bonds is 4. The Morgan fingerprint density at radius 2 is 2.19 bits per heavy atom. The minimum absolute atomic E-state index is 0.0552. The minimum Gasteiger partial charge on any atom is -0.342 e. The van der Waals surface area contributed by atoms with Gasteiger partial charge in [-0.2, -0.15) is 13.2 Å². The first kappa shape index (κ1) is 13.0. The molecule has 1 N–H and O–H groups in total. The Bertz CT molecular complexity index is 393. The summed E-state index contributed by atoms with van der Waals surface area (Å²) < 4.78 is 36.7. The molecule has 16 heavy (non-hydrogen) atoms. The molecule has 0 saturated heterocycles. The first-order valence-corrected chi connectivity index (χ1v) is 5.47. The lowest BCUT2D eigenvalue weighted by Crippen LogP contribution is -2.39. The highest BCUT2D eigenvalue weighted by Crippen LogP contribution is 2.18. The van der Waals surface area contributed by atoms with Gasteiger partial charge in [-0.1, -0.05) is 15.9 Å². The molecule has 0 radical (unpaired) electrons. The molecule has 0 amide bonds. The number of hydrogen-bond acceptors (Lipinski definition) is 3. The van der Waals surface area contributed by atoms with Gasteiger partial charge in [0.1, 0.15) is 6.54 Å². The third-order valence-electron chi connectivity index (χ3n) is 1.71. The molecule has 0 unspecified atom stereocenters. The van der Waals surface area contributed by atoms with Crippen LogP contribution in [0.2, 0.25) is 0 Å². The molecule has 1 heterocycles. The second-order valence-corrected chi connectivity index (χ2v) is 3.76. The quantitative estimate of drug-likeness (QED) is 0.858. The zero-order valence-electron chi connectivity index (χ0n) is 8.09. The molecule has 0 atom stereocenters. The molecular weight excluding hydrogens is 291 g/mol. The molecule has 0 spiro atoms. The summed E-state index contributed by atoms with van der Waals surface area (Å²) in [4.78, 5) is 18.1. The van der Waals surface area contributed by atoms with Crippen LogP contribution in [0, 0.1) is 0 Å². The number of halogens is 4. The van der Waals surface area contributed by atoms with Gasteiger partial charge in [-0.3, -0.25) is 4.79 Å². The topological polar surface area (TPSA) is 49.0 Å². The van der Waals surface area contributed by atoms with Gasteiger partial charge in [0.15, 0.2) is 5.82 Å². The predicted molar refractivity (Wildman–Crippen MR) is 56.9 cm³/mol. The van der Waals surface area contributed by atoms with Gasteiger partial charge in [0.2, 0.25) is 0 Å². The van der Waals surface area contributed by atoms with Crippen LogP contribution in [0.25, 0.3) is 0 Å². The fraction of sp³-hybridized carbons (Fsp3) is 0.500. The molecule has 4 nitrogen and oxygen atoms in total. The molecule has 8 heteroatoms. The summed E-state index contributed by atoms with van der Waals surface area (Å²) in [5.74, 6) is -0.223. The third-order valence-corrected chi connectivity index (χ3v) is 2.07. The minimum atomic E-state index is -4.37. The second-order valence-electron chi connectivity index (χ2n) is 2.97. The van der Waals surface area contributed by atoms with Gasteiger partial charge in [-0.25, -0.2) is 4.98 Å². The molecule has 90 valence electrons. The van der Waals surface area contributed by atoms with Crippen LogP contribution >= 0.6 is 15.9 Å². The van der Waals surface area contributed by atoms with Gasteiger partial charge in [-0.15, -0.1) is 0 Å². The summed E-state index contributed by atoms with van der Waals surface area (Å²) in [5.41, 5.74) is -0.632. The lowest BCUT2D eigenvalue weighted by atomic mass is 10.4. The molecule has 0 bridgehead atoms. The van der Waals surface area contributed by atoms with Crippen LogP contribution in [0.5, 0.6) is 0 Å². The fourth-order valence-electron chi connectivity index (χ4n) is 1.15. The largest absolute Gasteiger partial charge is 0.405 e. The zero-order chi connectivity index (χ0) is 12.2. The summed E-state index contributed by atoms with van der Waals surface area (Å²) in [7, 11) is 0. The Morgan fingerprint density at radius 1 is 1.50 bits per heavy atom. The first-order valence-electron chi connectivity index (χ1n) is 4.35. The summed E-state index contributed by atoms with van der Waals surface area (Å²) >= 11 is 3.03. The Kier molecular flexibility index (Phi) is 4.34. The highest BCUT2D eigenvalue weighted by Gasteiger charge is 2.31. The van der Waals surface area contributed by atoms with E-state index in [1.54, 1.807) is 0 Å². The van der Waals surface area contributed by atoms with Crippen molar-refractivity contribution in [3.05, 3.63) is 22.7 Å². The first-order chi connectivity index (χ1) is 7.44. The van der Waals surface area contributed by atoms with Gasteiger partial charge in [0.25, 0.3) is 5.56 Å². The molecule has 1 aromatic heterocycles.